The maximum atomic E-state index is 13.5. The molecule has 2 N–H and O–H groups in total. The molecule has 6 nitrogen and oxygen atoms in total. The molecular formula is C21H20FN3O3S. The Morgan fingerprint density at radius 1 is 1.03 bits per heavy atom. The van der Waals surface area contributed by atoms with Crippen LogP contribution in [0.3, 0.4) is 0 Å². The lowest BCUT2D eigenvalue weighted by atomic mass is 10.2. The zero-order valence-electron chi connectivity index (χ0n) is 15.7. The van der Waals surface area contributed by atoms with Gasteiger partial charge in [-0.3, -0.25) is 4.79 Å². The van der Waals surface area contributed by atoms with Gasteiger partial charge in [0.2, 0.25) is 0 Å². The Balaban J connectivity index is 1.50. The molecule has 0 aliphatic heterocycles. The Bertz CT molecular complexity index is 979. The number of urea groups is 1. The Labute approximate surface area is 171 Å². The number of ether oxygens (including phenoxy) is 1. The van der Waals surface area contributed by atoms with E-state index in [4.69, 9.17) is 4.74 Å². The van der Waals surface area contributed by atoms with Gasteiger partial charge in [0.05, 0.1) is 11.4 Å². The van der Waals surface area contributed by atoms with Crippen LogP contribution in [-0.2, 0) is 0 Å². The fraction of sp³-hybridized carbons (Fsp3) is 0.143. The van der Waals surface area contributed by atoms with Crippen LogP contribution in [0.25, 0.3) is 0 Å². The molecule has 0 saturated carbocycles. The van der Waals surface area contributed by atoms with E-state index in [1.165, 1.54) is 28.4 Å². The highest BCUT2D eigenvalue weighted by Gasteiger charge is 2.11. The van der Waals surface area contributed by atoms with Crippen LogP contribution in [0, 0.1) is 5.82 Å². The highest BCUT2D eigenvalue weighted by Crippen LogP contribution is 2.18. The number of amides is 3. The molecule has 2 aromatic carbocycles. The van der Waals surface area contributed by atoms with Crippen molar-refractivity contribution in [2.75, 3.05) is 30.8 Å². The van der Waals surface area contributed by atoms with Gasteiger partial charge < -0.3 is 20.3 Å². The van der Waals surface area contributed by atoms with Gasteiger partial charge in [0.25, 0.3) is 5.91 Å². The van der Waals surface area contributed by atoms with E-state index in [2.05, 4.69) is 10.6 Å². The molecule has 0 saturated heterocycles. The number of nitrogens with zero attached hydrogens (tertiary/aromatic N) is 1. The monoisotopic (exact) mass is 413 g/mol. The number of likely N-dealkylation sites (N-methyl/N-ethyl adjacent to an activating group) is 1. The number of rotatable bonds is 7. The third-order valence-electron chi connectivity index (χ3n) is 3.98. The first-order chi connectivity index (χ1) is 14.0. The maximum Gasteiger partial charge on any atom is 0.321 e. The number of carbonyl (C=O) groups excluding carboxylic acids is 2. The van der Waals surface area contributed by atoms with Gasteiger partial charge in [-0.25, -0.2) is 9.18 Å². The first-order valence-electron chi connectivity index (χ1n) is 8.87. The lowest BCUT2D eigenvalue weighted by Gasteiger charge is -2.18. The number of halogens is 1. The van der Waals surface area contributed by atoms with Crippen molar-refractivity contribution in [1.29, 1.82) is 0 Å². The molecule has 29 heavy (non-hydrogen) atoms. The summed E-state index contributed by atoms with van der Waals surface area (Å²) in [6.45, 7) is 0.427. The molecule has 150 valence electrons. The molecule has 8 heteroatoms. The molecule has 1 heterocycles. The van der Waals surface area contributed by atoms with Gasteiger partial charge in [-0.05, 0) is 41.8 Å². The highest BCUT2D eigenvalue weighted by atomic mass is 32.1. The second kappa shape index (κ2) is 9.70. The molecule has 3 rings (SSSR count). The molecule has 0 fully saturated rings. The average molecular weight is 413 g/mol. The fourth-order valence-electron chi connectivity index (χ4n) is 2.45. The van der Waals surface area contributed by atoms with E-state index in [1.807, 2.05) is 11.4 Å². The van der Waals surface area contributed by atoms with Crippen molar-refractivity contribution in [1.82, 2.24) is 4.90 Å². The molecule has 0 aliphatic carbocycles. The first kappa shape index (κ1) is 20.3. The minimum atomic E-state index is -0.444. The normalized spacial score (nSPS) is 10.3. The van der Waals surface area contributed by atoms with E-state index in [-0.39, 0.29) is 30.8 Å². The highest BCUT2D eigenvalue weighted by molar-refractivity contribution is 7.12. The van der Waals surface area contributed by atoms with Crippen LogP contribution in [0.15, 0.2) is 66.0 Å². The molecule has 0 bridgehead atoms. The van der Waals surface area contributed by atoms with Crippen LogP contribution in [-0.4, -0.2) is 37.0 Å². The quantitative estimate of drug-likeness (QED) is 0.591. The number of thiophene rings is 1. The van der Waals surface area contributed by atoms with Gasteiger partial charge >= 0.3 is 6.03 Å². The van der Waals surface area contributed by atoms with Crippen molar-refractivity contribution < 1.29 is 18.7 Å². The fourth-order valence-corrected chi connectivity index (χ4v) is 3.07. The SMILES string of the molecule is CN(CCOc1ccccc1F)C(=O)Nc1cccc(NC(=O)c2cccs2)c1. The van der Waals surface area contributed by atoms with Crippen LogP contribution in [0.5, 0.6) is 5.75 Å². The van der Waals surface area contributed by atoms with Crippen LogP contribution in [0.1, 0.15) is 9.67 Å². The number of hydrogen-bond acceptors (Lipinski definition) is 4. The largest absolute Gasteiger partial charge is 0.489 e. The molecular weight excluding hydrogens is 393 g/mol. The molecule has 0 spiro atoms. The van der Waals surface area contributed by atoms with E-state index in [9.17, 15) is 14.0 Å². The van der Waals surface area contributed by atoms with Crippen LogP contribution < -0.4 is 15.4 Å². The predicted octanol–water partition coefficient (Wildman–Crippen LogP) is 4.68. The molecule has 0 atom stereocenters. The summed E-state index contributed by atoms with van der Waals surface area (Å²) in [5.41, 5.74) is 1.12. The molecule has 0 radical (unpaired) electrons. The average Bonchev–Trinajstić information content (AvgIpc) is 3.24. The standard InChI is InChI=1S/C21H20FN3O3S/c1-25(11-12-28-18-9-3-2-8-17(18)22)21(27)24-16-7-4-6-15(14-16)23-20(26)19-10-5-13-29-19/h2-10,13-14H,11-12H2,1H3,(H,23,26)(H,24,27). The third kappa shape index (κ3) is 5.79. The van der Waals surface area contributed by atoms with E-state index >= 15 is 0 Å². The predicted molar refractivity (Wildman–Crippen MR) is 112 cm³/mol. The van der Waals surface area contributed by atoms with E-state index in [1.54, 1.807) is 49.5 Å². The molecule has 0 aliphatic rings. The Morgan fingerprint density at radius 3 is 2.52 bits per heavy atom. The Hall–Kier alpha value is -3.39. The number of hydrogen-bond donors (Lipinski definition) is 2. The molecule has 1 aromatic heterocycles. The third-order valence-corrected chi connectivity index (χ3v) is 4.85. The van der Waals surface area contributed by atoms with Gasteiger partial charge in [0.1, 0.15) is 6.61 Å². The summed E-state index contributed by atoms with van der Waals surface area (Å²) in [5, 5.41) is 7.39. The number of benzene rings is 2. The molecule has 0 unspecified atom stereocenters. The second-order valence-corrected chi connectivity index (χ2v) is 7.09. The summed E-state index contributed by atoms with van der Waals surface area (Å²) in [6, 6.07) is 16.2. The summed E-state index contributed by atoms with van der Waals surface area (Å²) < 4.78 is 18.9. The Morgan fingerprint density at radius 2 is 1.79 bits per heavy atom. The number of para-hydroxylation sites is 1. The maximum absolute atomic E-state index is 13.5. The number of carbonyl (C=O) groups is 2. The minimum Gasteiger partial charge on any atom is -0.489 e. The second-order valence-electron chi connectivity index (χ2n) is 6.14. The van der Waals surface area contributed by atoms with E-state index < -0.39 is 5.82 Å². The topological polar surface area (TPSA) is 70.7 Å². The summed E-state index contributed by atoms with van der Waals surface area (Å²) >= 11 is 1.35. The Kier molecular flexibility index (Phi) is 6.80. The van der Waals surface area contributed by atoms with Crippen molar-refractivity contribution in [2.24, 2.45) is 0 Å². The summed E-state index contributed by atoms with van der Waals surface area (Å²) in [4.78, 5) is 26.5. The number of nitrogens with one attached hydrogen (secondary N) is 2. The van der Waals surface area contributed by atoms with Crippen LogP contribution >= 0.6 is 11.3 Å². The van der Waals surface area contributed by atoms with Crippen molar-refractivity contribution in [2.45, 2.75) is 0 Å². The van der Waals surface area contributed by atoms with Gasteiger partial charge in [-0.1, -0.05) is 24.3 Å². The van der Waals surface area contributed by atoms with Gasteiger partial charge in [-0.15, -0.1) is 11.3 Å². The molecule has 3 amide bonds. The molecule has 3 aromatic rings. The van der Waals surface area contributed by atoms with E-state index in [0.717, 1.165) is 0 Å². The van der Waals surface area contributed by atoms with Crippen molar-refractivity contribution >= 4 is 34.6 Å². The zero-order chi connectivity index (χ0) is 20.6. The summed E-state index contributed by atoms with van der Waals surface area (Å²) in [7, 11) is 1.61. The first-order valence-corrected chi connectivity index (χ1v) is 9.75. The van der Waals surface area contributed by atoms with Gasteiger partial charge in [-0.2, -0.15) is 0 Å². The lowest BCUT2D eigenvalue weighted by Crippen LogP contribution is -2.34. The minimum absolute atomic E-state index is 0.149. The number of anilines is 2. The van der Waals surface area contributed by atoms with Crippen molar-refractivity contribution in [3.05, 3.63) is 76.7 Å². The summed E-state index contributed by atoms with van der Waals surface area (Å²) in [5.74, 6) is -0.498. The van der Waals surface area contributed by atoms with Gasteiger partial charge in [0, 0.05) is 18.4 Å². The summed E-state index contributed by atoms with van der Waals surface area (Å²) in [6.07, 6.45) is 0. The van der Waals surface area contributed by atoms with Gasteiger partial charge in [0.15, 0.2) is 11.6 Å². The van der Waals surface area contributed by atoms with Crippen molar-refractivity contribution in [3.63, 3.8) is 0 Å². The zero-order valence-corrected chi connectivity index (χ0v) is 16.5. The van der Waals surface area contributed by atoms with Crippen LogP contribution in [0.2, 0.25) is 0 Å². The van der Waals surface area contributed by atoms with E-state index in [0.29, 0.717) is 16.3 Å². The van der Waals surface area contributed by atoms with Crippen molar-refractivity contribution in [3.8, 4) is 5.75 Å². The van der Waals surface area contributed by atoms with Crippen LogP contribution in [0.4, 0.5) is 20.6 Å². The lowest BCUT2D eigenvalue weighted by molar-refractivity contribution is 0.103. The smallest absolute Gasteiger partial charge is 0.321 e.